The molecule has 0 saturated heterocycles. The Morgan fingerprint density at radius 1 is 1.13 bits per heavy atom. The average molecular weight is 537 g/mol. The molecule has 2 aromatic heterocycles. The van der Waals surface area contributed by atoms with E-state index in [1.807, 2.05) is 0 Å². The van der Waals surface area contributed by atoms with Gasteiger partial charge in [-0.1, -0.05) is 23.6 Å². The van der Waals surface area contributed by atoms with Crippen LogP contribution in [0.25, 0.3) is 22.9 Å². The van der Waals surface area contributed by atoms with Crippen LogP contribution in [0, 0.1) is 18.3 Å². The van der Waals surface area contributed by atoms with E-state index in [0.717, 1.165) is 47.0 Å². The Bertz CT molecular complexity index is 1650. The summed E-state index contributed by atoms with van der Waals surface area (Å²) in [4.78, 5) is 27.4. The number of nitrogens with one attached hydrogen (secondary N) is 1. The van der Waals surface area contributed by atoms with E-state index in [-0.39, 0.29) is 23.1 Å². The number of carbonyl (C=O) groups excluding carboxylic acids is 1. The van der Waals surface area contributed by atoms with Crippen LogP contribution in [0.1, 0.15) is 42.5 Å². The number of alkyl halides is 3. The monoisotopic (exact) mass is 536 g/mol. The van der Waals surface area contributed by atoms with Gasteiger partial charge in [0.15, 0.2) is 5.69 Å². The van der Waals surface area contributed by atoms with Gasteiger partial charge in [-0.15, -0.1) is 0 Å². The van der Waals surface area contributed by atoms with E-state index in [2.05, 4.69) is 16.5 Å². The molecule has 0 aliphatic heterocycles. The summed E-state index contributed by atoms with van der Waals surface area (Å²) in [6.45, 7) is 1.58. The number of halogens is 3. The highest BCUT2D eigenvalue weighted by molar-refractivity contribution is 5.82. The molecular formula is C27H25F3N7O2+. The minimum atomic E-state index is -4.61. The van der Waals surface area contributed by atoms with Crippen molar-refractivity contribution in [2.24, 2.45) is 7.05 Å². The van der Waals surface area contributed by atoms with Crippen LogP contribution >= 0.6 is 0 Å². The summed E-state index contributed by atoms with van der Waals surface area (Å²) >= 11 is 0. The summed E-state index contributed by atoms with van der Waals surface area (Å²) < 4.78 is 45.7. The number of hydrogen-bond acceptors (Lipinski definition) is 4. The van der Waals surface area contributed by atoms with Gasteiger partial charge in [0.05, 0.1) is 35.6 Å². The Hall–Kier alpha value is -4.66. The van der Waals surface area contributed by atoms with Gasteiger partial charge in [0.25, 0.3) is 12.2 Å². The zero-order valence-corrected chi connectivity index (χ0v) is 21.2. The van der Waals surface area contributed by atoms with Crippen molar-refractivity contribution in [1.82, 2.24) is 24.2 Å². The topological polar surface area (TPSA) is 102 Å². The molecule has 2 aromatic carbocycles. The number of amides is 1. The number of rotatable bonds is 4. The smallest absolute Gasteiger partial charge is 0.335 e. The summed E-state index contributed by atoms with van der Waals surface area (Å²) in [5.41, 5.74) is -0.297. The number of hydrogen-bond donors (Lipinski definition) is 1. The molecule has 0 atom stereocenters. The van der Waals surface area contributed by atoms with E-state index in [1.54, 1.807) is 42.8 Å². The third kappa shape index (κ3) is 4.71. The zero-order chi connectivity index (χ0) is 27.9. The van der Waals surface area contributed by atoms with Crippen molar-refractivity contribution >= 4 is 6.03 Å². The van der Waals surface area contributed by atoms with Crippen LogP contribution in [0.2, 0.25) is 0 Å². The third-order valence-electron chi connectivity index (χ3n) is 6.93. The number of imidazole rings is 1. The molecule has 1 aliphatic rings. The van der Waals surface area contributed by atoms with Gasteiger partial charge in [-0.05, 0) is 62.2 Å². The molecule has 0 radical (unpaired) electrons. The SMILES string of the molecule is Cc1c(-c2n(-c3ccc(C#N)cc3)nc[n+]2C)n(C(=O)NC2CCCC2)c(=O)n1-c1cccc(C(F)(F)F)c1. The van der Waals surface area contributed by atoms with Crippen LogP contribution < -0.4 is 15.6 Å². The number of aryl methyl sites for hydroxylation is 1. The Balaban J connectivity index is 1.75. The van der Waals surface area contributed by atoms with Gasteiger partial charge in [0, 0.05) is 11.1 Å². The molecule has 9 nitrogen and oxygen atoms in total. The minimum absolute atomic E-state index is 0.0203. The van der Waals surface area contributed by atoms with E-state index in [1.165, 1.54) is 23.1 Å². The number of benzene rings is 2. The van der Waals surface area contributed by atoms with E-state index in [9.17, 15) is 22.8 Å². The number of nitrogens with zero attached hydrogens (tertiary/aromatic N) is 6. The van der Waals surface area contributed by atoms with Crippen LogP contribution in [0.5, 0.6) is 0 Å². The fourth-order valence-electron chi connectivity index (χ4n) is 5.01. The molecule has 1 aliphatic carbocycles. The summed E-state index contributed by atoms with van der Waals surface area (Å²) in [5.74, 6) is 0.349. The first kappa shape index (κ1) is 26.0. The standard InChI is InChI=1S/C27H24F3N7O2/c1-17-23(24-34(2)16-32-37(24)21-12-10-18(15-31)11-13-21)36(25(38)33-20-7-3-4-8-20)26(39)35(17)22-9-5-6-19(14-22)27(28,29)30/h5-6,9-14,16,20H,3-4,7-8H2,1-2H3/p+1. The van der Waals surface area contributed by atoms with Gasteiger partial charge in [-0.25, -0.2) is 18.7 Å². The molecule has 4 aromatic rings. The van der Waals surface area contributed by atoms with Crippen LogP contribution in [-0.4, -0.2) is 31.0 Å². The maximum atomic E-state index is 13.8. The highest BCUT2D eigenvalue weighted by Crippen LogP contribution is 2.31. The number of carbonyl (C=O) groups is 1. The average Bonchev–Trinajstić information content (AvgIpc) is 3.61. The van der Waals surface area contributed by atoms with Gasteiger partial charge >= 0.3 is 17.9 Å². The summed E-state index contributed by atoms with van der Waals surface area (Å²) in [7, 11) is 1.69. The van der Waals surface area contributed by atoms with Crippen molar-refractivity contribution in [2.45, 2.75) is 44.8 Å². The lowest BCUT2D eigenvalue weighted by molar-refractivity contribution is -0.661. The lowest BCUT2D eigenvalue weighted by atomic mass is 10.2. The van der Waals surface area contributed by atoms with Gasteiger partial charge in [0.2, 0.25) is 0 Å². The summed E-state index contributed by atoms with van der Waals surface area (Å²) in [5, 5.41) is 16.5. The summed E-state index contributed by atoms with van der Waals surface area (Å²) in [6, 6.07) is 12.3. The molecular weight excluding hydrogens is 511 g/mol. The van der Waals surface area contributed by atoms with Crippen LogP contribution in [0.4, 0.5) is 18.0 Å². The predicted molar refractivity (Wildman–Crippen MR) is 134 cm³/mol. The van der Waals surface area contributed by atoms with E-state index in [4.69, 9.17) is 5.26 Å². The molecule has 200 valence electrons. The largest absolute Gasteiger partial charge is 0.416 e. The molecule has 12 heteroatoms. The molecule has 0 unspecified atom stereocenters. The summed E-state index contributed by atoms with van der Waals surface area (Å²) in [6.07, 6.45) is 0.354. The lowest BCUT2D eigenvalue weighted by Gasteiger charge is -2.13. The Labute approximate surface area is 221 Å². The van der Waals surface area contributed by atoms with Crippen LogP contribution in [-0.2, 0) is 13.2 Å². The maximum absolute atomic E-state index is 13.8. The molecule has 1 amide bonds. The van der Waals surface area contributed by atoms with E-state index >= 15 is 0 Å². The van der Waals surface area contributed by atoms with Crippen molar-refractivity contribution in [3.8, 4) is 29.0 Å². The minimum Gasteiger partial charge on any atom is -0.335 e. The third-order valence-corrected chi connectivity index (χ3v) is 6.93. The van der Waals surface area contributed by atoms with E-state index < -0.39 is 23.5 Å². The predicted octanol–water partition coefficient (Wildman–Crippen LogP) is 4.02. The molecule has 39 heavy (non-hydrogen) atoms. The Morgan fingerprint density at radius 2 is 1.82 bits per heavy atom. The fourth-order valence-corrected chi connectivity index (χ4v) is 5.01. The Kier molecular flexibility index (Phi) is 6.59. The highest BCUT2D eigenvalue weighted by atomic mass is 19.4. The maximum Gasteiger partial charge on any atom is 0.416 e. The normalized spacial score (nSPS) is 13.9. The molecule has 0 spiro atoms. The Morgan fingerprint density at radius 3 is 2.46 bits per heavy atom. The molecule has 1 saturated carbocycles. The fraction of sp³-hybridized carbons (Fsp3) is 0.296. The zero-order valence-electron chi connectivity index (χ0n) is 21.2. The van der Waals surface area contributed by atoms with Crippen molar-refractivity contribution < 1.29 is 22.5 Å². The lowest BCUT2D eigenvalue weighted by Crippen LogP contribution is -2.42. The van der Waals surface area contributed by atoms with Crippen molar-refractivity contribution in [1.29, 1.82) is 5.26 Å². The van der Waals surface area contributed by atoms with Crippen molar-refractivity contribution in [3.05, 3.63) is 82.2 Å². The first-order chi connectivity index (χ1) is 18.6. The second kappa shape index (κ2) is 9.90. The molecule has 5 rings (SSSR count). The molecule has 1 N–H and O–H groups in total. The van der Waals surface area contributed by atoms with Gasteiger partial charge < -0.3 is 5.32 Å². The first-order valence-electron chi connectivity index (χ1n) is 12.4. The first-order valence-corrected chi connectivity index (χ1v) is 12.4. The number of nitriles is 1. The second-order valence-corrected chi connectivity index (χ2v) is 9.50. The van der Waals surface area contributed by atoms with Gasteiger partial charge in [0.1, 0.15) is 5.69 Å². The van der Waals surface area contributed by atoms with Crippen molar-refractivity contribution in [2.75, 3.05) is 0 Å². The highest BCUT2D eigenvalue weighted by Gasteiger charge is 2.35. The van der Waals surface area contributed by atoms with Gasteiger partial charge in [-0.2, -0.15) is 18.4 Å². The molecule has 0 bridgehead atoms. The number of aromatic nitrogens is 5. The second-order valence-electron chi connectivity index (χ2n) is 9.50. The van der Waals surface area contributed by atoms with Crippen LogP contribution in [0.15, 0.2) is 59.7 Å². The van der Waals surface area contributed by atoms with Crippen molar-refractivity contribution in [3.63, 3.8) is 0 Å². The van der Waals surface area contributed by atoms with Crippen LogP contribution in [0.3, 0.4) is 0 Å². The van der Waals surface area contributed by atoms with Gasteiger partial charge in [-0.3, -0.25) is 4.57 Å². The quantitative estimate of drug-likeness (QED) is 0.398. The van der Waals surface area contributed by atoms with E-state index in [0.29, 0.717) is 17.1 Å². The molecule has 2 heterocycles. The molecule has 1 fully saturated rings.